The number of anilines is 1. The number of para-hydroxylation sites is 1. The third-order valence-corrected chi connectivity index (χ3v) is 6.16. The number of nitrogens with zero attached hydrogens (tertiary/aromatic N) is 3. The van der Waals surface area contributed by atoms with Crippen LogP contribution in [0.5, 0.6) is 0 Å². The minimum absolute atomic E-state index is 0.0950. The van der Waals surface area contributed by atoms with Crippen LogP contribution in [0.2, 0.25) is 5.02 Å². The predicted molar refractivity (Wildman–Crippen MR) is 120 cm³/mol. The van der Waals surface area contributed by atoms with Gasteiger partial charge in [0.25, 0.3) is 0 Å². The monoisotopic (exact) mass is 409 g/mol. The maximum Gasteiger partial charge on any atom is 0.246 e. The molecule has 0 radical (unpaired) electrons. The summed E-state index contributed by atoms with van der Waals surface area (Å²) in [4.78, 5) is 19.7. The summed E-state index contributed by atoms with van der Waals surface area (Å²) in [5.74, 6) is 0.0950. The van der Waals surface area contributed by atoms with Gasteiger partial charge >= 0.3 is 0 Å². The Morgan fingerprint density at radius 3 is 2.52 bits per heavy atom. The first kappa shape index (κ1) is 20.0. The molecule has 1 atom stereocenters. The standard InChI is InChI=1S/C24H28ClN3O/c25-21-7-4-6-20(18-21)11-12-24(29)28-13-5-10-23(19-28)27-16-14-26(15-17-27)22-8-2-1-3-9-22/h1-4,6-9,11-12,18,23H,5,10,13-17,19H2/b12-11+/t23-/m0/s1. The quantitative estimate of drug-likeness (QED) is 0.709. The van der Waals surface area contributed by atoms with Crippen molar-refractivity contribution in [3.8, 4) is 0 Å². The summed E-state index contributed by atoms with van der Waals surface area (Å²) in [7, 11) is 0. The summed E-state index contributed by atoms with van der Waals surface area (Å²) in [5, 5.41) is 0.687. The summed E-state index contributed by atoms with van der Waals surface area (Å²) in [6.07, 6.45) is 5.78. The molecule has 4 rings (SSSR count). The first-order valence-corrected chi connectivity index (χ1v) is 10.8. The van der Waals surface area contributed by atoms with E-state index in [0.29, 0.717) is 11.1 Å². The van der Waals surface area contributed by atoms with Gasteiger partial charge in [0, 0.05) is 62.1 Å². The Morgan fingerprint density at radius 1 is 0.966 bits per heavy atom. The maximum atomic E-state index is 12.7. The zero-order chi connectivity index (χ0) is 20.1. The lowest BCUT2D eigenvalue weighted by Gasteiger charge is -2.43. The van der Waals surface area contributed by atoms with E-state index in [0.717, 1.165) is 51.3 Å². The van der Waals surface area contributed by atoms with Crippen molar-refractivity contribution >= 4 is 29.3 Å². The molecule has 2 aliphatic rings. The van der Waals surface area contributed by atoms with Crippen molar-refractivity contribution < 1.29 is 4.79 Å². The third-order valence-electron chi connectivity index (χ3n) is 5.93. The first-order chi connectivity index (χ1) is 14.2. The largest absolute Gasteiger partial charge is 0.369 e. The molecule has 0 aromatic heterocycles. The lowest BCUT2D eigenvalue weighted by molar-refractivity contribution is -0.128. The summed E-state index contributed by atoms with van der Waals surface area (Å²) in [6, 6.07) is 18.7. The number of carbonyl (C=O) groups is 1. The number of benzene rings is 2. The van der Waals surface area contributed by atoms with E-state index in [4.69, 9.17) is 11.6 Å². The molecule has 0 saturated carbocycles. The third kappa shape index (κ3) is 5.20. The zero-order valence-electron chi connectivity index (χ0n) is 16.7. The van der Waals surface area contributed by atoms with Crippen molar-refractivity contribution in [3.63, 3.8) is 0 Å². The number of halogens is 1. The van der Waals surface area contributed by atoms with Gasteiger partial charge in [0.2, 0.25) is 5.91 Å². The highest BCUT2D eigenvalue weighted by Gasteiger charge is 2.29. The molecule has 0 aliphatic carbocycles. The van der Waals surface area contributed by atoms with Gasteiger partial charge < -0.3 is 9.80 Å². The molecule has 0 bridgehead atoms. The average molecular weight is 410 g/mol. The van der Waals surface area contributed by atoms with Crippen molar-refractivity contribution in [3.05, 3.63) is 71.3 Å². The normalized spacial score (nSPS) is 20.9. The van der Waals surface area contributed by atoms with Crippen LogP contribution < -0.4 is 4.90 Å². The highest BCUT2D eigenvalue weighted by molar-refractivity contribution is 6.30. The molecule has 152 valence electrons. The van der Waals surface area contributed by atoms with Gasteiger partial charge in [-0.3, -0.25) is 9.69 Å². The maximum absolute atomic E-state index is 12.7. The molecule has 0 unspecified atom stereocenters. The highest BCUT2D eigenvalue weighted by atomic mass is 35.5. The molecule has 0 N–H and O–H groups in total. The van der Waals surface area contributed by atoms with Crippen molar-refractivity contribution in [1.82, 2.24) is 9.80 Å². The van der Waals surface area contributed by atoms with Crippen LogP contribution >= 0.6 is 11.6 Å². The fourth-order valence-electron chi connectivity index (χ4n) is 4.32. The number of carbonyl (C=O) groups excluding carboxylic acids is 1. The molecule has 2 aromatic rings. The smallest absolute Gasteiger partial charge is 0.246 e. The number of likely N-dealkylation sites (tertiary alicyclic amines) is 1. The van der Waals surface area contributed by atoms with Crippen LogP contribution in [0.15, 0.2) is 60.7 Å². The van der Waals surface area contributed by atoms with Crippen LogP contribution in [0.3, 0.4) is 0 Å². The summed E-state index contributed by atoms with van der Waals surface area (Å²) in [5.41, 5.74) is 2.26. The van der Waals surface area contributed by atoms with Crippen LogP contribution in [0.25, 0.3) is 6.08 Å². The van der Waals surface area contributed by atoms with Crippen LogP contribution in [0.4, 0.5) is 5.69 Å². The Bertz CT molecular complexity index is 846. The fourth-order valence-corrected chi connectivity index (χ4v) is 4.52. The van der Waals surface area contributed by atoms with Gasteiger partial charge in [-0.15, -0.1) is 0 Å². The summed E-state index contributed by atoms with van der Waals surface area (Å²) in [6.45, 7) is 5.87. The molecule has 2 aromatic carbocycles. The van der Waals surface area contributed by atoms with Gasteiger partial charge in [-0.25, -0.2) is 0 Å². The van der Waals surface area contributed by atoms with Crippen LogP contribution in [-0.4, -0.2) is 61.0 Å². The molecule has 2 saturated heterocycles. The molecule has 2 aliphatic heterocycles. The second-order valence-corrected chi connectivity index (χ2v) is 8.26. The van der Waals surface area contributed by atoms with Gasteiger partial charge in [-0.05, 0) is 48.7 Å². The molecule has 1 amide bonds. The van der Waals surface area contributed by atoms with Crippen LogP contribution in [0.1, 0.15) is 18.4 Å². The van der Waals surface area contributed by atoms with E-state index in [-0.39, 0.29) is 5.91 Å². The molecular weight excluding hydrogens is 382 g/mol. The first-order valence-electron chi connectivity index (χ1n) is 10.5. The lowest BCUT2D eigenvalue weighted by atomic mass is 10.0. The van der Waals surface area contributed by atoms with Gasteiger partial charge in [0.1, 0.15) is 0 Å². The molecular formula is C24H28ClN3O. The number of piperidine rings is 1. The second kappa shape index (κ2) is 9.47. The average Bonchev–Trinajstić information content (AvgIpc) is 2.78. The Hall–Kier alpha value is -2.30. The lowest BCUT2D eigenvalue weighted by Crippen LogP contribution is -2.55. The molecule has 29 heavy (non-hydrogen) atoms. The van der Waals surface area contributed by atoms with E-state index < -0.39 is 0 Å². The summed E-state index contributed by atoms with van der Waals surface area (Å²) >= 11 is 6.03. The number of hydrogen-bond acceptors (Lipinski definition) is 3. The Balaban J connectivity index is 1.31. The van der Waals surface area contributed by atoms with E-state index in [9.17, 15) is 4.79 Å². The van der Waals surface area contributed by atoms with Gasteiger partial charge in [-0.2, -0.15) is 0 Å². The number of piperazine rings is 1. The number of rotatable bonds is 4. The SMILES string of the molecule is O=C(/C=C/c1cccc(Cl)c1)N1CCC[C@H](N2CCN(c3ccccc3)CC2)C1. The van der Waals surface area contributed by atoms with E-state index in [2.05, 4.69) is 40.1 Å². The van der Waals surface area contributed by atoms with Gasteiger partial charge in [0.15, 0.2) is 0 Å². The Kier molecular flexibility index (Phi) is 6.53. The van der Waals surface area contributed by atoms with Crippen molar-refractivity contribution in [2.75, 3.05) is 44.2 Å². The summed E-state index contributed by atoms with van der Waals surface area (Å²) < 4.78 is 0. The molecule has 2 heterocycles. The van der Waals surface area contributed by atoms with E-state index in [1.54, 1.807) is 6.08 Å². The molecule has 0 spiro atoms. The van der Waals surface area contributed by atoms with Gasteiger partial charge in [-0.1, -0.05) is 41.9 Å². The van der Waals surface area contributed by atoms with Crippen molar-refractivity contribution in [2.45, 2.75) is 18.9 Å². The predicted octanol–water partition coefficient (Wildman–Crippen LogP) is 4.17. The number of amides is 1. The fraction of sp³-hybridized carbons (Fsp3) is 0.375. The Labute approximate surface area is 178 Å². The Morgan fingerprint density at radius 2 is 1.76 bits per heavy atom. The zero-order valence-corrected chi connectivity index (χ0v) is 17.5. The van der Waals surface area contributed by atoms with Gasteiger partial charge in [0.05, 0.1) is 0 Å². The second-order valence-electron chi connectivity index (χ2n) is 7.83. The van der Waals surface area contributed by atoms with Crippen LogP contribution in [0, 0.1) is 0 Å². The van der Waals surface area contributed by atoms with E-state index in [1.165, 1.54) is 12.1 Å². The van der Waals surface area contributed by atoms with Crippen molar-refractivity contribution in [2.24, 2.45) is 0 Å². The minimum atomic E-state index is 0.0950. The topological polar surface area (TPSA) is 26.8 Å². The van der Waals surface area contributed by atoms with Crippen molar-refractivity contribution in [1.29, 1.82) is 0 Å². The molecule has 4 nitrogen and oxygen atoms in total. The minimum Gasteiger partial charge on any atom is -0.369 e. The molecule has 5 heteroatoms. The number of hydrogen-bond donors (Lipinski definition) is 0. The highest BCUT2D eigenvalue weighted by Crippen LogP contribution is 2.21. The van der Waals surface area contributed by atoms with E-state index in [1.807, 2.05) is 35.2 Å². The van der Waals surface area contributed by atoms with E-state index >= 15 is 0 Å². The van der Waals surface area contributed by atoms with Crippen LogP contribution in [-0.2, 0) is 4.79 Å². The molecule has 2 fully saturated rings.